The first-order valence-electron chi connectivity index (χ1n) is 6.19. The smallest absolute Gasteiger partial charge is 0.271 e. The van der Waals surface area contributed by atoms with Gasteiger partial charge in [-0.05, 0) is 29.8 Å². The Hall–Kier alpha value is -2.03. The first kappa shape index (κ1) is 15.4. The molecule has 112 valence electrons. The Balaban J connectivity index is 2.10. The molecule has 0 radical (unpaired) electrons. The molecule has 0 fully saturated rings. The highest BCUT2D eigenvalue weighted by molar-refractivity contribution is 9.10. The molecule has 2 rings (SSSR count). The van der Waals surface area contributed by atoms with Crippen LogP contribution in [0.1, 0.15) is 28.7 Å². The van der Waals surface area contributed by atoms with Crippen molar-refractivity contribution < 1.29 is 9.18 Å². The molecule has 2 aromatic heterocycles. The molecule has 0 unspecified atom stereocenters. The fraction of sp³-hybridized carbons (Fsp3) is 0.333. The number of aryl methyl sites for hydroxylation is 3. The summed E-state index contributed by atoms with van der Waals surface area (Å²) in [5, 5.41) is 11.7. The first-order valence-corrected chi connectivity index (χ1v) is 6.98. The topological polar surface area (TPSA) is 77.1 Å². The van der Waals surface area contributed by atoms with Crippen LogP contribution in [0.5, 0.6) is 0 Å². The molecular weight excluding hydrogens is 343 g/mol. The largest absolute Gasteiger partial charge is 0.293 e. The van der Waals surface area contributed by atoms with Crippen LogP contribution >= 0.6 is 15.9 Å². The third-order valence-corrected chi connectivity index (χ3v) is 3.39. The van der Waals surface area contributed by atoms with Gasteiger partial charge in [0.05, 0.1) is 21.9 Å². The van der Waals surface area contributed by atoms with Crippen molar-refractivity contribution in [2.45, 2.75) is 20.4 Å². The maximum Gasteiger partial charge on any atom is 0.293 e. The van der Waals surface area contributed by atoms with E-state index in [2.05, 4.69) is 36.7 Å². The van der Waals surface area contributed by atoms with E-state index in [0.29, 0.717) is 16.7 Å². The number of aromatic nitrogens is 4. The monoisotopic (exact) mass is 356 g/mol. The number of hydrogen-bond donors (Lipinski definition) is 1. The number of halogens is 2. The second kappa shape index (κ2) is 6.17. The van der Waals surface area contributed by atoms with E-state index in [1.54, 1.807) is 17.8 Å². The fourth-order valence-corrected chi connectivity index (χ4v) is 2.21. The number of hydrazone groups is 1. The highest BCUT2D eigenvalue weighted by atomic mass is 79.9. The minimum atomic E-state index is -0.512. The molecule has 1 amide bonds. The predicted molar refractivity (Wildman–Crippen MR) is 78.6 cm³/mol. The van der Waals surface area contributed by atoms with Crippen LogP contribution in [0.15, 0.2) is 15.8 Å². The number of nitrogens with zero attached hydrogens (tertiary/aromatic N) is 5. The van der Waals surface area contributed by atoms with E-state index < -0.39 is 11.9 Å². The molecule has 0 saturated heterocycles. The minimum Gasteiger partial charge on any atom is -0.271 e. The maximum atomic E-state index is 13.7. The van der Waals surface area contributed by atoms with Gasteiger partial charge in [-0.25, -0.2) is 10.1 Å². The van der Waals surface area contributed by atoms with Gasteiger partial charge in [0.15, 0.2) is 5.69 Å². The second-order valence-electron chi connectivity index (χ2n) is 4.29. The van der Waals surface area contributed by atoms with E-state index in [1.807, 2.05) is 6.92 Å². The zero-order valence-electron chi connectivity index (χ0n) is 11.8. The summed E-state index contributed by atoms with van der Waals surface area (Å²) in [4.78, 5) is 11.9. The SMILES string of the molecule is CCn1cc(Br)c(C(=O)NN=Cc2c(C)nn(C)c2F)n1. The standard InChI is InChI=1S/C12H14BrFN6O/c1-4-20-6-9(13)10(18-20)12(21)16-15-5-8-7(2)17-19(3)11(8)14/h5-6H,4H2,1-3H3,(H,16,21). The lowest BCUT2D eigenvalue weighted by atomic mass is 10.3. The van der Waals surface area contributed by atoms with Crippen LogP contribution < -0.4 is 5.43 Å². The van der Waals surface area contributed by atoms with Gasteiger partial charge in [-0.2, -0.15) is 19.7 Å². The Labute approximate surface area is 129 Å². The summed E-state index contributed by atoms with van der Waals surface area (Å²) in [7, 11) is 1.49. The molecule has 0 bridgehead atoms. The van der Waals surface area contributed by atoms with Gasteiger partial charge in [-0.1, -0.05) is 0 Å². The van der Waals surface area contributed by atoms with Gasteiger partial charge in [-0.15, -0.1) is 0 Å². The summed E-state index contributed by atoms with van der Waals surface area (Å²) < 4.78 is 17.0. The number of carbonyl (C=O) groups is 1. The third-order valence-electron chi connectivity index (χ3n) is 2.81. The molecule has 0 aliphatic heterocycles. The van der Waals surface area contributed by atoms with Crippen LogP contribution in [0.2, 0.25) is 0 Å². The lowest BCUT2D eigenvalue weighted by molar-refractivity contribution is 0.0948. The van der Waals surface area contributed by atoms with Crippen LogP contribution in [0.25, 0.3) is 0 Å². The van der Waals surface area contributed by atoms with Gasteiger partial charge in [0.2, 0.25) is 5.95 Å². The van der Waals surface area contributed by atoms with Gasteiger partial charge in [0.1, 0.15) is 0 Å². The Morgan fingerprint density at radius 2 is 2.29 bits per heavy atom. The number of amides is 1. The molecule has 7 nitrogen and oxygen atoms in total. The molecule has 0 aromatic carbocycles. The Morgan fingerprint density at radius 1 is 1.57 bits per heavy atom. The van der Waals surface area contributed by atoms with Crippen molar-refractivity contribution in [2.75, 3.05) is 0 Å². The first-order chi connectivity index (χ1) is 9.93. The molecule has 0 atom stereocenters. The fourth-order valence-electron chi connectivity index (χ4n) is 1.71. The average molecular weight is 357 g/mol. The van der Waals surface area contributed by atoms with Crippen LogP contribution in [-0.2, 0) is 13.6 Å². The Bertz CT molecular complexity index is 705. The molecule has 1 N–H and O–H groups in total. The molecule has 21 heavy (non-hydrogen) atoms. The van der Waals surface area contributed by atoms with E-state index >= 15 is 0 Å². The third kappa shape index (κ3) is 3.18. The Kier molecular flexibility index (Phi) is 4.51. The molecule has 9 heteroatoms. The van der Waals surface area contributed by atoms with E-state index in [1.165, 1.54) is 13.3 Å². The predicted octanol–water partition coefficient (Wildman–Crippen LogP) is 1.61. The van der Waals surface area contributed by atoms with Gasteiger partial charge >= 0.3 is 0 Å². The average Bonchev–Trinajstić information content (AvgIpc) is 2.93. The lowest BCUT2D eigenvalue weighted by Crippen LogP contribution is -2.19. The molecule has 0 aliphatic rings. The van der Waals surface area contributed by atoms with Crippen LogP contribution in [0.3, 0.4) is 0 Å². The van der Waals surface area contributed by atoms with Gasteiger partial charge in [0.25, 0.3) is 5.91 Å². The normalized spacial score (nSPS) is 11.3. The summed E-state index contributed by atoms with van der Waals surface area (Å²) in [5.74, 6) is -0.991. The zero-order valence-corrected chi connectivity index (χ0v) is 13.3. The highest BCUT2D eigenvalue weighted by Gasteiger charge is 2.15. The Morgan fingerprint density at radius 3 is 2.81 bits per heavy atom. The summed E-state index contributed by atoms with van der Waals surface area (Å²) in [6.07, 6.45) is 2.92. The molecule has 0 aliphatic carbocycles. The summed E-state index contributed by atoms with van der Waals surface area (Å²) in [5.41, 5.74) is 3.25. The van der Waals surface area contributed by atoms with Crippen molar-refractivity contribution in [3.63, 3.8) is 0 Å². The van der Waals surface area contributed by atoms with Gasteiger partial charge in [-0.3, -0.25) is 9.48 Å². The summed E-state index contributed by atoms with van der Waals surface area (Å²) in [6.45, 7) is 4.22. The van der Waals surface area contributed by atoms with Crippen molar-refractivity contribution in [3.8, 4) is 0 Å². The van der Waals surface area contributed by atoms with E-state index in [4.69, 9.17) is 0 Å². The maximum absolute atomic E-state index is 13.7. The van der Waals surface area contributed by atoms with Gasteiger partial charge in [0, 0.05) is 19.8 Å². The van der Waals surface area contributed by atoms with Crippen LogP contribution in [0.4, 0.5) is 4.39 Å². The lowest BCUT2D eigenvalue weighted by Gasteiger charge is -1.96. The second-order valence-corrected chi connectivity index (χ2v) is 5.15. The van der Waals surface area contributed by atoms with Crippen molar-refractivity contribution in [1.82, 2.24) is 25.0 Å². The summed E-state index contributed by atoms with van der Waals surface area (Å²) in [6, 6.07) is 0. The van der Waals surface area contributed by atoms with Crippen molar-refractivity contribution in [3.05, 3.63) is 33.6 Å². The molecule has 2 aromatic rings. The van der Waals surface area contributed by atoms with Crippen molar-refractivity contribution in [2.24, 2.45) is 12.1 Å². The van der Waals surface area contributed by atoms with Crippen molar-refractivity contribution in [1.29, 1.82) is 0 Å². The highest BCUT2D eigenvalue weighted by Crippen LogP contribution is 2.14. The molecule has 0 saturated carbocycles. The van der Waals surface area contributed by atoms with Crippen LogP contribution in [0, 0.1) is 12.9 Å². The van der Waals surface area contributed by atoms with Crippen LogP contribution in [-0.4, -0.2) is 31.7 Å². The number of carbonyl (C=O) groups excluding carboxylic acids is 1. The van der Waals surface area contributed by atoms with E-state index in [0.717, 1.165) is 4.68 Å². The number of hydrogen-bond acceptors (Lipinski definition) is 4. The minimum absolute atomic E-state index is 0.220. The quantitative estimate of drug-likeness (QED) is 0.667. The zero-order chi connectivity index (χ0) is 15.6. The molecule has 2 heterocycles. The van der Waals surface area contributed by atoms with Gasteiger partial charge < -0.3 is 0 Å². The molecule has 0 spiro atoms. The summed E-state index contributed by atoms with van der Waals surface area (Å²) >= 11 is 3.25. The van der Waals surface area contributed by atoms with E-state index in [9.17, 15) is 9.18 Å². The number of rotatable bonds is 4. The number of nitrogens with one attached hydrogen (secondary N) is 1. The van der Waals surface area contributed by atoms with Crippen molar-refractivity contribution >= 4 is 28.1 Å². The molecular formula is C12H14BrFN6O. The van der Waals surface area contributed by atoms with E-state index in [-0.39, 0.29) is 11.3 Å².